The first kappa shape index (κ1) is 15.7. The van der Waals surface area contributed by atoms with Gasteiger partial charge in [-0.25, -0.2) is 9.78 Å². The van der Waals surface area contributed by atoms with E-state index >= 15 is 0 Å². The molecule has 0 fully saturated rings. The first-order chi connectivity index (χ1) is 10.6. The Morgan fingerprint density at radius 3 is 2.73 bits per heavy atom. The van der Waals surface area contributed by atoms with Crippen molar-refractivity contribution in [2.75, 3.05) is 7.11 Å². The van der Waals surface area contributed by atoms with Crippen molar-refractivity contribution in [2.45, 2.75) is 26.4 Å². The number of ether oxygens (including phenoxy) is 2. The third-order valence-electron chi connectivity index (χ3n) is 3.04. The highest BCUT2D eigenvalue weighted by Gasteiger charge is 2.27. The zero-order valence-corrected chi connectivity index (χ0v) is 12.4. The van der Waals surface area contributed by atoms with Gasteiger partial charge in [0, 0.05) is 12.5 Å². The highest BCUT2D eigenvalue weighted by molar-refractivity contribution is 5.88. The molecule has 7 heteroatoms. The maximum Gasteiger partial charge on any atom is 0.406 e. The minimum Gasteiger partial charge on any atom is -0.618 e. The van der Waals surface area contributed by atoms with Gasteiger partial charge >= 0.3 is 17.6 Å². The van der Waals surface area contributed by atoms with Crippen LogP contribution < -0.4 is 4.73 Å². The number of benzene rings is 1. The first-order valence-corrected chi connectivity index (χ1v) is 6.83. The van der Waals surface area contributed by atoms with Crippen molar-refractivity contribution in [1.29, 1.82) is 0 Å². The Labute approximate surface area is 127 Å². The van der Waals surface area contributed by atoms with Gasteiger partial charge in [0.05, 0.1) is 7.11 Å². The third kappa shape index (κ3) is 3.13. The molecule has 0 amide bonds. The standard InChI is InChI=1S/C15H16N2O5/c1-3-6-13(18)22-9-11-14(15(19)21-2)17(20)12-8-5-4-7-10(12)16-11/h4-5,7-8H,3,6,9H2,1-2H3. The number of methoxy groups -OCH3 is 1. The summed E-state index contributed by atoms with van der Waals surface area (Å²) in [4.78, 5) is 27.5. The van der Waals surface area contributed by atoms with Crippen molar-refractivity contribution < 1.29 is 23.8 Å². The summed E-state index contributed by atoms with van der Waals surface area (Å²) in [7, 11) is 1.17. The van der Waals surface area contributed by atoms with Gasteiger partial charge < -0.3 is 14.7 Å². The van der Waals surface area contributed by atoms with E-state index < -0.39 is 11.9 Å². The van der Waals surface area contributed by atoms with Crippen molar-refractivity contribution in [3.05, 3.63) is 40.9 Å². The molecule has 0 N–H and O–H groups in total. The molecule has 2 rings (SSSR count). The quantitative estimate of drug-likeness (QED) is 0.472. The van der Waals surface area contributed by atoms with Gasteiger partial charge in [0.1, 0.15) is 12.1 Å². The molecule has 0 aliphatic rings. The van der Waals surface area contributed by atoms with Crippen LogP contribution in [0.4, 0.5) is 0 Å². The van der Waals surface area contributed by atoms with E-state index in [0.717, 1.165) is 0 Å². The predicted octanol–water partition coefficient (Wildman–Crippen LogP) is 1.50. The van der Waals surface area contributed by atoms with E-state index in [9.17, 15) is 14.8 Å². The number of rotatable bonds is 5. The van der Waals surface area contributed by atoms with Gasteiger partial charge in [-0.15, -0.1) is 0 Å². The highest BCUT2D eigenvalue weighted by Crippen LogP contribution is 2.13. The minimum absolute atomic E-state index is 0.0741. The molecule has 0 radical (unpaired) electrons. The lowest BCUT2D eigenvalue weighted by atomic mass is 10.2. The number of nitrogens with zero attached hydrogens (tertiary/aromatic N) is 2. The minimum atomic E-state index is -0.824. The van der Waals surface area contributed by atoms with E-state index in [0.29, 0.717) is 16.7 Å². The van der Waals surface area contributed by atoms with Crippen molar-refractivity contribution in [1.82, 2.24) is 4.98 Å². The molecule has 0 aliphatic carbocycles. The van der Waals surface area contributed by atoms with Crippen LogP contribution >= 0.6 is 0 Å². The van der Waals surface area contributed by atoms with Crippen LogP contribution in [0.3, 0.4) is 0 Å². The van der Waals surface area contributed by atoms with E-state index in [4.69, 9.17) is 4.74 Å². The molecule has 0 atom stereocenters. The molecule has 1 aromatic heterocycles. The van der Waals surface area contributed by atoms with Crippen molar-refractivity contribution in [3.8, 4) is 0 Å². The second-order valence-corrected chi connectivity index (χ2v) is 4.59. The average molecular weight is 304 g/mol. The molecule has 1 heterocycles. The molecular weight excluding hydrogens is 288 g/mol. The lowest BCUT2D eigenvalue weighted by molar-refractivity contribution is -0.581. The number of para-hydroxylation sites is 2. The summed E-state index contributed by atoms with van der Waals surface area (Å²) in [6, 6.07) is 6.58. The van der Waals surface area contributed by atoms with E-state index in [1.54, 1.807) is 24.3 Å². The molecule has 0 unspecified atom stereocenters. The van der Waals surface area contributed by atoms with Crippen molar-refractivity contribution >= 4 is 23.0 Å². The largest absolute Gasteiger partial charge is 0.618 e. The molecule has 0 bridgehead atoms. The molecule has 0 saturated heterocycles. The molecular formula is C15H16N2O5. The zero-order chi connectivity index (χ0) is 16.1. The molecule has 0 aliphatic heterocycles. The fourth-order valence-corrected chi connectivity index (χ4v) is 1.99. The van der Waals surface area contributed by atoms with Gasteiger partial charge in [-0.05, 0) is 12.5 Å². The number of esters is 2. The summed E-state index contributed by atoms with van der Waals surface area (Å²) in [6.45, 7) is 1.59. The Kier molecular flexibility index (Phi) is 4.88. The number of carbonyl (C=O) groups is 2. The lowest BCUT2D eigenvalue weighted by Crippen LogP contribution is -2.38. The van der Waals surface area contributed by atoms with Crippen LogP contribution in [0.5, 0.6) is 0 Å². The molecule has 0 saturated carbocycles. The maximum absolute atomic E-state index is 12.4. The number of hydrogen-bond acceptors (Lipinski definition) is 6. The Balaban J connectivity index is 2.46. The van der Waals surface area contributed by atoms with Crippen molar-refractivity contribution in [2.24, 2.45) is 0 Å². The lowest BCUT2D eigenvalue weighted by Gasteiger charge is -2.10. The fraction of sp³-hybridized carbons (Fsp3) is 0.333. The van der Waals surface area contributed by atoms with E-state index in [1.807, 2.05) is 6.92 Å². The predicted molar refractivity (Wildman–Crippen MR) is 76.7 cm³/mol. The molecule has 7 nitrogen and oxygen atoms in total. The van der Waals surface area contributed by atoms with Crippen LogP contribution in [0.25, 0.3) is 11.0 Å². The van der Waals surface area contributed by atoms with Gasteiger partial charge in [-0.1, -0.05) is 19.1 Å². The summed E-state index contributed by atoms with van der Waals surface area (Å²) in [6.07, 6.45) is 0.911. The summed E-state index contributed by atoms with van der Waals surface area (Å²) in [5.41, 5.74) is 0.453. The first-order valence-electron chi connectivity index (χ1n) is 6.83. The van der Waals surface area contributed by atoms with Crippen LogP contribution in [0.1, 0.15) is 35.9 Å². The Morgan fingerprint density at radius 2 is 2.05 bits per heavy atom. The molecule has 2 aromatic rings. The smallest absolute Gasteiger partial charge is 0.406 e. The monoisotopic (exact) mass is 304 g/mol. The average Bonchev–Trinajstić information content (AvgIpc) is 2.52. The summed E-state index contributed by atoms with van der Waals surface area (Å²) < 4.78 is 10.1. The van der Waals surface area contributed by atoms with E-state index in [2.05, 4.69) is 9.72 Å². The normalized spacial score (nSPS) is 10.5. The number of hydrogen-bond donors (Lipinski definition) is 0. The number of fused-ring (bicyclic) bond motifs is 1. The maximum atomic E-state index is 12.4. The molecule has 0 spiro atoms. The van der Waals surface area contributed by atoms with Crippen molar-refractivity contribution in [3.63, 3.8) is 0 Å². The topological polar surface area (TPSA) is 92.4 Å². The van der Waals surface area contributed by atoms with Gasteiger partial charge in [0.15, 0.2) is 5.69 Å². The van der Waals surface area contributed by atoms with Crippen LogP contribution in [-0.4, -0.2) is 24.0 Å². The molecule has 22 heavy (non-hydrogen) atoms. The van der Waals surface area contributed by atoms with E-state index in [1.165, 1.54) is 7.11 Å². The fourth-order valence-electron chi connectivity index (χ4n) is 1.99. The zero-order valence-electron chi connectivity index (χ0n) is 12.4. The van der Waals surface area contributed by atoms with Crippen LogP contribution in [0, 0.1) is 5.21 Å². The van der Waals surface area contributed by atoms with Gasteiger partial charge in [0.25, 0.3) is 0 Å². The summed E-state index contributed by atoms with van der Waals surface area (Å²) >= 11 is 0. The second-order valence-electron chi connectivity index (χ2n) is 4.59. The van der Waals surface area contributed by atoms with Gasteiger partial charge in [0.2, 0.25) is 5.52 Å². The highest BCUT2D eigenvalue weighted by atomic mass is 16.5. The number of aromatic nitrogens is 2. The van der Waals surface area contributed by atoms with Crippen LogP contribution in [0.15, 0.2) is 24.3 Å². The van der Waals surface area contributed by atoms with E-state index in [-0.39, 0.29) is 29.9 Å². The summed E-state index contributed by atoms with van der Waals surface area (Å²) in [5, 5.41) is 12.4. The number of carbonyl (C=O) groups excluding carboxylic acids is 2. The van der Waals surface area contributed by atoms with Gasteiger partial charge in [-0.3, -0.25) is 4.79 Å². The van der Waals surface area contributed by atoms with Crippen LogP contribution in [-0.2, 0) is 20.9 Å². The Morgan fingerprint density at radius 1 is 1.32 bits per heavy atom. The van der Waals surface area contributed by atoms with Gasteiger partial charge in [-0.2, -0.15) is 4.73 Å². The molecule has 1 aromatic carbocycles. The molecule has 116 valence electrons. The Bertz CT molecular complexity index is 714. The Hall–Kier alpha value is -2.70. The summed E-state index contributed by atoms with van der Waals surface area (Å²) in [5.74, 6) is -1.24. The SMILES string of the molecule is CCCC(=O)OCc1nc2ccccc2[n+]([O-])c1C(=O)OC. The third-order valence-corrected chi connectivity index (χ3v) is 3.04. The van der Waals surface area contributed by atoms with Crippen LogP contribution in [0.2, 0.25) is 0 Å². The second kappa shape index (κ2) is 6.84.